The highest BCUT2D eigenvalue weighted by atomic mass is 16.2. The quantitative estimate of drug-likeness (QED) is 0.630. The van der Waals surface area contributed by atoms with Gasteiger partial charge < -0.3 is 15.5 Å². The summed E-state index contributed by atoms with van der Waals surface area (Å²) in [4.78, 5) is 37.8. The van der Waals surface area contributed by atoms with Gasteiger partial charge in [-0.1, -0.05) is 0 Å². The van der Waals surface area contributed by atoms with Gasteiger partial charge in [-0.25, -0.2) is 0 Å². The molecule has 3 amide bonds. The Hall–Kier alpha value is -1.63. The maximum atomic E-state index is 11.9. The first kappa shape index (κ1) is 15.4. The molecule has 0 aromatic heterocycles. The van der Waals surface area contributed by atoms with Crippen LogP contribution < -0.4 is 10.6 Å². The van der Waals surface area contributed by atoms with Crippen LogP contribution >= 0.6 is 0 Å². The Balaban J connectivity index is 2.34. The van der Waals surface area contributed by atoms with Gasteiger partial charge in [-0.05, 0) is 20.9 Å². The average molecular weight is 270 g/mol. The maximum absolute atomic E-state index is 11.9. The van der Waals surface area contributed by atoms with E-state index in [0.717, 1.165) is 0 Å². The van der Waals surface area contributed by atoms with Crippen LogP contribution in [-0.2, 0) is 14.4 Å². The summed E-state index contributed by atoms with van der Waals surface area (Å²) in [5.74, 6) is -0.379. The second-order valence-corrected chi connectivity index (χ2v) is 5.06. The van der Waals surface area contributed by atoms with Crippen LogP contribution in [0.3, 0.4) is 0 Å². The number of carbonyl (C=O) groups excluding carboxylic acids is 3. The third-order valence-corrected chi connectivity index (χ3v) is 2.66. The molecule has 0 spiro atoms. The summed E-state index contributed by atoms with van der Waals surface area (Å²) in [7, 11) is 1.71. The molecule has 1 aliphatic rings. The number of nitrogens with one attached hydrogen (secondary N) is 2. The van der Waals surface area contributed by atoms with Crippen LogP contribution in [0.25, 0.3) is 0 Å². The Labute approximate surface area is 113 Å². The number of carbonyl (C=O) groups is 3. The molecule has 19 heavy (non-hydrogen) atoms. The Morgan fingerprint density at radius 2 is 2.11 bits per heavy atom. The van der Waals surface area contributed by atoms with Gasteiger partial charge in [0.25, 0.3) is 0 Å². The van der Waals surface area contributed by atoms with E-state index in [4.69, 9.17) is 0 Å². The van der Waals surface area contributed by atoms with Gasteiger partial charge in [0, 0.05) is 19.1 Å². The summed E-state index contributed by atoms with van der Waals surface area (Å²) in [5, 5.41) is 5.43. The SMILES string of the molecule is CC(C)NC(=O)CN(C)CC(=O)N1CCNC(=O)C1. The minimum Gasteiger partial charge on any atom is -0.353 e. The molecule has 0 aromatic rings. The van der Waals surface area contributed by atoms with Crippen molar-refractivity contribution >= 4 is 17.7 Å². The van der Waals surface area contributed by atoms with Crippen LogP contribution in [-0.4, -0.2) is 73.3 Å². The molecule has 108 valence electrons. The lowest BCUT2D eigenvalue weighted by atomic mass is 10.3. The van der Waals surface area contributed by atoms with Gasteiger partial charge in [0.15, 0.2) is 0 Å². The molecule has 7 nitrogen and oxygen atoms in total. The van der Waals surface area contributed by atoms with Crippen molar-refractivity contribution in [3.05, 3.63) is 0 Å². The zero-order chi connectivity index (χ0) is 14.4. The van der Waals surface area contributed by atoms with Crippen molar-refractivity contribution in [2.24, 2.45) is 0 Å². The van der Waals surface area contributed by atoms with Gasteiger partial charge in [-0.2, -0.15) is 0 Å². The molecule has 2 N–H and O–H groups in total. The van der Waals surface area contributed by atoms with Crippen LogP contribution in [0.4, 0.5) is 0 Å². The smallest absolute Gasteiger partial charge is 0.239 e. The van der Waals surface area contributed by atoms with Crippen LogP contribution in [0.1, 0.15) is 13.8 Å². The number of amides is 3. The third kappa shape index (κ3) is 5.69. The van der Waals surface area contributed by atoms with E-state index in [-0.39, 0.29) is 43.4 Å². The minimum atomic E-state index is -0.139. The molecule has 1 fully saturated rings. The van der Waals surface area contributed by atoms with Crippen LogP contribution in [0, 0.1) is 0 Å². The van der Waals surface area contributed by atoms with Crippen LogP contribution in [0.2, 0.25) is 0 Å². The fraction of sp³-hybridized carbons (Fsp3) is 0.750. The van der Waals surface area contributed by atoms with E-state index in [1.165, 1.54) is 4.90 Å². The highest BCUT2D eigenvalue weighted by Crippen LogP contribution is 1.96. The normalized spacial score (nSPS) is 15.6. The van der Waals surface area contributed by atoms with Crippen molar-refractivity contribution < 1.29 is 14.4 Å². The van der Waals surface area contributed by atoms with Gasteiger partial charge in [0.2, 0.25) is 17.7 Å². The third-order valence-electron chi connectivity index (χ3n) is 2.66. The first-order valence-corrected chi connectivity index (χ1v) is 6.41. The Morgan fingerprint density at radius 3 is 2.68 bits per heavy atom. The Morgan fingerprint density at radius 1 is 1.42 bits per heavy atom. The second kappa shape index (κ2) is 7.08. The summed E-state index contributed by atoms with van der Waals surface area (Å²) in [6.45, 7) is 5.19. The molecule has 1 heterocycles. The molecule has 0 radical (unpaired) electrons. The highest BCUT2D eigenvalue weighted by Gasteiger charge is 2.22. The number of piperazine rings is 1. The molecule has 0 atom stereocenters. The molecule has 0 saturated carbocycles. The van der Waals surface area contributed by atoms with E-state index < -0.39 is 0 Å². The zero-order valence-electron chi connectivity index (χ0n) is 11.7. The van der Waals surface area contributed by atoms with E-state index in [2.05, 4.69) is 10.6 Å². The standard InChI is InChI=1S/C12H22N4O3/c1-9(2)14-11(18)6-15(3)8-12(19)16-5-4-13-10(17)7-16/h9H,4-8H2,1-3H3,(H,13,17)(H,14,18). The summed E-state index contributed by atoms with van der Waals surface area (Å²) >= 11 is 0. The zero-order valence-corrected chi connectivity index (χ0v) is 11.7. The number of rotatable bonds is 5. The predicted octanol–water partition coefficient (Wildman–Crippen LogP) is -1.60. The molecule has 0 unspecified atom stereocenters. The van der Waals surface area contributed by atoms with Crippen molar-refractivity contribution in [3.63, 3.8) is 0 Å². The lowest BCUT2D eigenvalue weighted by Gasteiger charge is -2.28. The van der Waals surface area contributed by atoms with Crippen molar-refractivity contribution in [2.75, 3.05) is 39.8 Å². The Bertz CT molecular complexity index is 357. The van der Waals surface area contributed by atoms with Crippen LogP contribution in [0.15, 0.2) is 0 Å². The van der Waals surface area contributed by atoms with E-state index in [9.17, 15) is 14.4 Å². The number of hydrogen-bond acceptors (Lipinski definition) is 4. The topological polar surface area (TPSA) is 81.8 Å². The van der Waals surface area contributed by atoms with E-state index in [1.807, 2.05) is 13.8 Å². The van der Waals surface area contributed by atoms with Gasteiger partial charge >= 0.3 is 0 Å². The highest BCUT2D eigenvalue weighted by molar-refractivity contribution is 5.87. The van der Waals surface area contributed by atoms with E-state index in [0.29, 0.717) is 13.1 Å². The molecule has 0 aliphatic carbocycles. The molecule has 1 saturated heterocycles. The van der Waals surface area contributed by atoms with E-state index >= 15 is 0 Å². The van der Waals surface area contributed by atoms with Crippen molar-refractivity contribution in [3.8, 4) is 0 Å². The largest absolute Gasteiger partial charge is 0.353 e. The van der Waals surface area contributed by atoms with Crippen molar-refractivity contribution in [1.82, 2.24) is 20.4 Å². The van der Waals surface area contributed by atoms with Crippen molar-refractivity contribution in [1.29, 1.82) is 0 Å². The number of hydrogen-bond donors (Lipinski definition) is 2. The summed E-state index contributed by atoms with van der Waals surface area (Å²) in [6, 6.07) is 0.0855. The summed E-state index contributed by atoms with van der Waals surface area (Å²) in [6.07, 6.45) is 0. The molecule has 0 aromatic carbocycles. The first-order valence-electron chi connectivity index (χ1n) is 6.41. The summed E-state index contributed by atoms with van der Waals surface area (Å²) in [5.41, 5.74) is 0. The fourth-order valence-corrected chi connectivity index (χ4v) is 1.85. The van der Waals surface area contributed by atoms with Gasteiger partial charge in [0.1, 0.15) is 0 Å². The molecular weight excluding hydrogens is 248 g/mol. The second-order valence-electron chi connectivity index (χ2n) is 5.06. The molecule has 7 heteroatoms. The lowest BCUT2D eigenvalue weighted by Crippen LogP contribution is -2.52. The number of likely N-dealkylation sites (N-methyl/N-ethyl adjacent to an activating group) is 1. The van der Waals surface area contributed by atoms with Crippen molar-refractivity contribution in [2.45, 2.75) is 19.9 Å². The van der Waals surface area contributed by atoms with Gasteiger partial charge in [-0.15, -0.1) is 0 Å². The average Bonchev–Trinajstić information content (AvgIpc) is 2.27. The Kier molecular flexibility index (Phi) is 5.75. The first-order chi connectivity index (χ1) is 8.88. The lowest BCUT2D eigenvalue weighted by molar-refractivity contribution is -0.139. The van der Waals surface area contributed by atoms with E-state index in [1.54, 1.807) is 11.9 Å². The monoisotopic (exact) mass is 270 g/mol. The molecule has 1 rings (SSSR count). The number of nitrogens with zero attached hydrogens (tertiary/aromatic N) is 2. The predicted molar refractivity (Wildman–Crippen MR) is 70.4 cm³/mol. The molecule has 1 aliphatic heterocycles. The minimum absolute atomic E-state index is 0.0855. The van der Waals surface area contributed by atoms with Gasteiger partial charge in [-0.3, -0.25) is 19.3 Å². The summed E-state index contributed by atoms with van der Waals surface area (Å²) < 4.78 is 0. The maximum Gasteiger partial charge on any atom is 0.239 e. The van der Waals surface area contributed by atoms with Gasteiger partial charge in [0.05, 0.1) is 19.6 Å². The fourth-order valence-electron chi connectivity index (χ4n) is 1.85. The van der Waals surface area contributed by atoms with Crippen LogP contribution in [0.5, 0.6) is 0 Å². The molecule has 0 bridgehead atoms. The molecular formula is C12H22N4O3.